The quantitative estimate of drug-likeness (QED) is 0.470. The van der Waals surface area contributed by atoms with E-state index in [1.807, 2.05) is 58.0 Å². The molecule has 6 nitrogen and oxygen atoms in total. The fourth-order valence-electron chi connectivity index (χ4n) is 2.93. The third-order valence-electron chi connectivity index (χ3n) is 4.74. The predicted molar refractivity (Wildman–Crippen MR) is 128 cm³/mol. The Morgan fingerprint density at radius 1 is 1.03 bits per heavy atom. The summed E-state index contributed by atoms with van der Waals surface area (Å²) >= 11 is 0. The van der Waals surface area contributed by atoms with E-state index in [1.54, 1.807) is 36.4 Å². The molecule has 0 aliphatic rings. The van der Waals surface area contributed by atoms with Gasteiger partial charge in [-0.1, -0.05) is 48.0 Å². The number of sulfonamides is 1. The van der Waals surface area contributed by atoms with Crippen molar-refractivity contribution in [3.8, 4) is 0 Å². The van der Waals surface area contributed by atoms with Crippen LogP contribution in [0.15, 0.2) is 86.7 Å². The molecule has 0 bridgehead atoms. The van der Waals surface area contributed by atoms with Crippen molar-refractivity contribution in [1.29, 1.82) is 0 Å². The number of nitrogens with one attached hydrogen (secondary N) is 1. The van der Waals surface area contributed by atoms with Crippen molar-refractivity contribution in [3.63, 3.8) is 0 Å². The topological polar surface area (TPSA) is 88.7 Å². The van der Waals surface area contributed by atoms with Crippen LogP contribution in [0.1, 0.15) is 50.1 Å². The summed E-state index contributed by atoms with van der Waals surface area (Å²) in [6.07, 6.45) is 1.67. The van der Waals surface area contributed by atoms with Crippen molar-refractivity contribution < 1.29 is 17.0 Å². The lowest BCUT2D eigenvalue weighted by molar-refractivity contribution is 0.449. The maximum absolute atomic E-state index is 13.1. The number of rotatable bonds is 8. The highest BCUT2D eigenvalue weighted by atomic mass is 32.2. The summed E-state index contributed by atoms with van der Waals surface area (Å²) in [5, 5.41) is 0. The molecule has 32 heavy (non-hydrogen) atoms. The van der Waals surface area contributed by atoms with E-state index in [0.717, 1.165) is 11.1 Å². The van der Waals surface area contributed by atoms with Crippen molar-refractivity contribution in [2.24, 2.45) is 4.40 Å². The second-order valence-electron chi connectivity index (χ2n) is 8.47. The van der Waals surface area contributed by atoms with Crippen molar-refractivity contribution in [1.82, 2.24) is 4.72 Å². The maximum atomic E-state index is 13.1. The Morgan fingerprint density at radius 3 is 2.25 bits per heavy atom. The van der Waals surface area contributed by atoms with Gasteiger partial charge in [0.05, 0.1) is 27.7 Å². The van der Waals surface area contributed by atoms with Gasteiger partial charge in [0.15, 0.2) is 0 Å². The van der Waals surface area contributed by atoms with E-state index in [9.17, 15) is 12.6 Å². The van der Waals surface area contributed by atoms with E-state index in [-0.39, 0.29) is 11.3 Å². The second-order valence-corrected chi connectivity index (χ2v) is 12.1. The molecule has 2 atom stereocenters. The monoisotopic (exact) mass is 472 g/mol. The van der Waals surface area contributed by atoms with Gasteiger partial charge in [-0.3, -0.25) is 0 Å². The van der Waals surface area contributed by atoms with Crippen LogP contribution in [0.2, 0.25) is 0 Å². The van der Waals surface area contributed by atoms with Gasteiger partial charge in [-0.05, 0) is 57.5 Å². The molecule has 0 unspecified atom stereocenters. The van der Waals surface area contributed by atoms with Crippen molar-refractivity contribution >= 4 is 26.7 Å². The first-order valence-electron chi connectivity index (χ1n) is 10.2. The van der Waals surface area contributed by atoms with Gasteiger partial charge in [0.25, 0.3) is 0 Å². The van der Waals surface area contributed by atoms with Crippen LogP contribution in [0, 0.1) is 6.92 Å². The summed E-state index contributed by atoms with van der Waals surface area (Å²) in [7, 11) is -5.34. The number of furan rings is 1. The Labute approximate surface area is 192 Å². The molecule has 0 spiro atoms. The molecule has 0 radical (unpaired) electrons. The first-order chi connectivity index (χ1) is 15.1. The lowest BCUT2D eigenvalue weighted by Gasteiger charge is -2.20. The molecule has 8 heteroatoms. The Kier molecular flexibility index (Phi) is 7.48. The lowest BCUT2D eigenvalue weighted by atomic mass is 10.0. The smallest absolute Gasteiger partial charge is 0.241 e. The summed E-state index contributed by atoms with van der Waals surface area (Å²) < 4.78 is 51.2. The third-order valence-corrected chi connectivity index (χ3v) is 7.66. The summed E-state index contributed by atoms with van der Waals surface area (Å²) in [6, 6.07) is 18.7. The number of aryl methyl sites for hydroxylation is 1. The van der Waals surface area contributed by atoms with E-state index in [0.29, 0.717) is 11.5 Å². The van der Waals surface area contributed by atoms with Crippen LogP contribution < -0.4 is 4.72 Å². The minimum atomic E-state index is -3.83. The van der Waals surface area contributed by atoms with Gasteiger partial charge in [0, 0.05) is 6.42 Å². The molecule has 1 heterocycles. The fraction of sp³-hybridized carbons (Fsp3) is 0.292. The average molecular weight is 473 g/mol. The standard InChI is InChI=1S/C24H28N2O4S2/c1-18-12-14-20(15-13-18)32(28,29)26-22(23-11-8-16-30-23)17-21(19-9-6-5-7-10-19)25-31(27)24(2,3)4/h5-16,22,26H,17H2,1-4H3/b25-21+/t22-,31+/m0/s1. The molecule has 0 saturated carbocycles. The minimum absolute atomic E-state index is 0.163. The summed E-state index contributed by atoms with van der Waals surface area (Å²) in [6.45, 7) is 7.44. The highest BCUT2D eigenvalue weighted by Gasteiger charge is 2.27. The Hall–Kier alpha value is -2.55. The molecule has 0 fully saturated rings. The van der Waals surface area contributed by atoms with Crippen LogP contribution in [-0.2, 0) is 21.0 Å². The zero-order chi connectivity index (χ0) is 23.4. The molecule has 2 aromatic carbocycles. The SMILES string of the molecule is Cc1ccc(S(=O)(=O)N[C@@H](C/C(=N\[S@](=O)C(C)(C)C)c2ccccc2)c2ccco2)cc1. The molecule has 3 rings (SSSR count). The first-order valence-corrected chi connectivity index (χ1v) is 12.8. The summed E-state index contributed by atoms with van der Waals surface area (Å²) in [4.78, 5) is 0.163. The van der Waals surface area contributed by atoms with E-state index in [1.165, 1.54) is 6.26 Å². The molecule has 0 amide bonds. The van der Waals surface area contributed by atoms with Crippen LogP contribution in [-0.4, -0.2) is 23.1 Å². The zero-order valence-electron chi connectivity index (χ0n) is 18.6. The zero-order valence-corrected chi connectivity index (χ0v) is 20.2. The fourth-order valence-corrected chi connectivity index (χ4v) is 4.79. The van der Waals surface area contributed by atoms with Gasteiger partial charge in [0.1, 0.15) is 16.7 Å². The first kappa shape index (κ1) is 24.1. The maximum Gasteiger partial charge on any atom is 0.241 e. The summed E-state index contributed by atoms with van der Waals surface area (Å²) in [5.74, 6) is 0.450. The van der Waals surface area contributed by atoms with Gasteiger partial charge in [-0.25, -0.2) is 17.3 Å². The molecule has 0 aliphatic heterocycles. The molecule has 0 saturated heterocycles. The number of hydrogen-bond donors (Lipinski definition) is 1. The highest BCUT2D eigenvalue weighted by Crippen LogP contribution is 2.25. The van der Waals surface area contributed by atoms with Gasteiger partial charge in [-0.15, -0.1) is 0 Å². The van der Waals surface area contributed by atoms with Crippen LogP contribution >= 0.6 is 0 Å². The Balaban J connectivity index is 2.00. The average Bonchev–Trinajstić information content (AvgIpc) is 3.27. The Morgan fingerprint density at radius 2 is 1.69 bits per heavy atom. The van der Waals surface area contributed by atoms with Crippen LogP contribution in [0.4, 0.5) is 0 Å². The molecular weight excluding hydrogens is 444 g/mol. The van der Waals surface area contributed by atoms with Crippen LogP contribution in [0.25, 0.3) is 0 Å². The Bertz CT molecular complexity index is 1180. The van der Waals surface area contributed by atoms with Gasteiger partial charge in [-0.2, -0.15) is 4.40 Å². The van der Waals surface area contributed by atoms with Crippen molar-refractivity contribution in [2.45, 2.75) is 49.8 Å². The third kappa shape index (κ3) is 6.25. The van der Waals surface area contributed by atoms with E-state index >= 15 is 0 Å². The molecule has 0 aliphatic carbocycles. The molecular formula is C24H28N2O4S2. The molecule has 1 N–H and O–H groups in total. The van der Waals surface area contributed by atoms with Crippen LogP contribution in [0.3, 0.4) is 0 Å². The highest BCUT2D eigenvalue weighted by molar-refractivity contribution is 7.89. The summed E-state index contributed by atoms with van der Waals surface area (Å²) in [5.41, 5.74) is 2.28. The number of hydrogen-bond acceptors (Lipinski definition) is 4. The van der Waals surface area contributed by atoms with Gasteiger partial charge in [0.2, 0.25) is 10.0 Å². The van der Waals surface area contributed by atoms with Crippen molar-refractivity contribution in [3.05, 3.63) is 89.9 Å². The van der Waals surface area contributed by atoms with Crippen LogP contribution in [0.5, 0.6) is 0 Å². The largest absolute Gasteiger partial charge is 0.468 e. The van der Waals surface area contributed by atoms with E-state index in [4.69, 9.17) is 4.42 Å². The van der Waals surface area contributed by atoms with E-state index in [2.05, 4.69) is 9.12 Å². The van der Waals surface area contributed by atoms with Gasteiger partial charge < -0.3 is 4.42 Å². The lowest BCUT2D eigenvalue weighted by Crippen LogP contribution is -2.31. The van der Waals surface area contributed by atoms with Gasteiger partial charge >= 0.3 is 0 Å². The second kappa shape index (κ2) is 9.94. The normalized spacial score (nSPS) is 14.8. The number of benzene rings is 2. The molecule has 170 valence electrons. The molecule has 3 aromatic rings. The molecule has 1 aromatic heterocycles. The van der Waals surface area contributed by atoms with E-state index < -0.39 is 31.8 Å². The predicted octanol–water partition coefficient (Wildman–Crippen LogP) is 4.95. The number of nitrogens with zero attached hydrogens (tertiary/aromatic N) is 1. The minimum Gasteiger partial charge on any atom is -0.468 e. The van der Waals surface area contributed by atoms with Crippen molar-refractivity contribution in [2.75, 3.05) is 0 Å².